The molecule has 0 aromatic carbocycles. The monoisotopic (exact) mass is 279 g/mol. The minimum atomic E-state index is -0.639. The van der Waals surface area contributed by atoms with Gasteiger partial charge in [-0.1, -0.05) is 12.8 Å². The van der Waals surface area contributed by atoms with Crippen LogP contribution in [-0.2, 0) is 0 Å². The van der Waals surface area contributed by atoms with Gasteiger partial charge >= 0.3 is 0 Å². The third-order valence-electron chi connectivity index (χ3n) is 4.21. The summed E-state index contributed by atoms with van der Waals surface area (Å²) in [6.45, 7) is 0. The lowest BCUT2D eigenvalue weighted by Gasteiger charge is -2.29. The molecule has 6 nitrogen and oxygen atoms in total. The molecule has 0 aliphatic heterocycles. The summed E-state index contributed by atoms with van der Waals surface area (Å²) in [4.78, 5) is 0. The predicted molar refractivity (Wildman–Crippen MR) is 76.3 cm³/mol. The summed E-state index contributed by atoms with van der Waals surface area (Å²) in [5.41, 5.74) is -1.28. The summed E-state index contributed by atoms with van der Waals surface area (Å²) in [7, 11) is 0. The van der Waals surface area contributed by atoms with Crippen LogP contribution in [0.2, 0.25) is 0 Å². The SMILES string of the molecule is N.N#CC1(/N=N/C2(C#N)CCCCC2)CCCCC1.O. The predicted octanol–water partition coefficient (Wildman–Crippen LogP) is 3.23. The minimum absolute atomic E-state index is 0. The molecule has 0 amide bonds. The van der Waals surface area contributed by atoms with Gasteiger partial charge in [0.1, 0.15) is 0 Å². The third kappa shape index (κ3) is 4.00. The Hall–Kier alpha value is -1.50. The first-order valence-electron chi connectivity index (χ1n) is 7.01. The van der Waals surface area contributed by atoms with Crippen molar-refractivity contribution in [1.82, 2.24) is 6.15 Å². The second-order valence-electron chi connectivity index (χ2n) is 5.61. The molecule has 0 spiro atoms. The molecule has 0 bridgehead atoms. The van der Waals surface area contributed by atoms with Crippen LogP contribution < -0.4 is 6.15 Å². The normalized spacial score (nSPS) is 23.7. The molecule has 5 N–H and O–H groups in total. The van der Waals surface area contributed by atoms with Gasteiger partial charge in [0.15, 0.2) is 11.1 Å². The fourth-order valence-corrected chi connectivity index (χ4v) is 2.93. The smallest absolute Gasteiger partial charge is 0.167 e. The first-order valence-corrected chi connectivity index (χ1v) is 7.01. The third-order valence-corrected chi connectivity index (χ3v) is 4.21. The molecule has 2 fully saturated rings. The van der Waals surface area contributed by atoms with Crippen LogP contribution in [0.3, 0.4) is 0 Å². The molecule has 0 saturated heterocycles. The Bertz CT molecular complexity index is 357. The molecule has 0 atom stereocenters. The highest BCUT2D eigenvalue weighted by atomic mass is 16.0. The summed E-state index contributed by atoms with van der Waals surface area (Å²) in [6, 6.07) is 4.66. The molecule has 0 aromatic rings. The topological polar surface area (TPSA) is 139 Å². The first-order chi connectivity index (χ1) is 8.74. The number of rotatable bonds is 2. The van der Waals surface area contributed by atoms with Crippen molar-refractivity contribution in [1.29, 1.82) is 10.5 Å². The van der Waals surface area contributed by atoms with Crippen molar-refractivity contribution in [3.05, 3.63) is 0 Å². The fourth-order valence-electron chi connectivity index (χ4n) is 2.93. The Labute approximate surface area is 120 Å². The van der Waals surface area contributed by atoms with Crippen LogP contribution in [0.4, 0.5) is 0 Å². The van der Waals surface area contributed by atoms with Crippen LogP contribution >= 0.6 is 0 Å². The van der Waals surface area contributed by atoms with E-state index in [9.17, 15) is 10.5 Å². The maximum Gasteiger partial charge on any atom is 0.167 e. The zero-order valence-electron chi connectivity index (χ0n) is 12.1. The van der Waals surface area contributed by atoms with Crippen LogP contribution in [0.1, 0.15) is 64.2 Å². The Morgan fingerprint density at radius 1 is 0.650 bits per heavy atom. The molecule has 6 heteroatoms. The molecule has 0 unspecified atom stereocenters. The zero-order valence-corrected chi connectivity index (χ0v) is 12.1. The lowest BCUT2D eigenvalue weighted by Crippen LogP contribution is -2.31. The number of nitriles is 2. The van der Waals surface area contributed by atoms with Gasteiger partial charge < -0.3 is 11.6 Å². The van der Waals surface area contributed by atoms with Gasteiger partial charge in [0.2, 0.25) is 0 Å². The van der Waals surface area contributed by atoms with Crippen molar-refractivity contribution in [2.24, 2.45) is 10.2 Å². The molecule has 112 valence electrons. The highest BCUT2D eigenvalue weighted by molar-refractivity contribution is 5.12. The van der Waals surface area contributed by atoms with Crippen LogP contribution in [0, 0.1) is 22.7 Å². The molecule has 2 rings (SSSR count). The van der Waals surface area contributed by atoms with E-state index in [1.165, 1.54) is 12.8 Å². The average Bonchev–Trinajstić information content (AvgIpc) is 2.47. The van der Waals surface area contributed by atoms with Crippen LogP contribution in [0.15, 0.2) is 10.2 Å². The van der Waals surface area contributed by atoms with Crippen LogP contribution in [-0.4, -0.2) is 16.6 Å². The van der Waals surface area contributed by atoms with Gasteiger partial charge in [0.05, 0.1) is 12.1 Å². The first kappa shape index (κ1) is 18.5. The van der Waals surface area contributed by atoms with Crippen molar-refractivity contribution in [2.45, 2.75) is 75.3 Å². The molecule has 0 radical (unpaired) electrons. The van der Waals surface area contributed by atoms with E-state index < -0.39 is 11.1 Å². The highest BCUT2D eigenvalue weighted by Crippen LogP contribution is 2.36. The summed E-state index contributed by atoms with van der Waals surface area (Å²) in [6.07, 6.45) is 9.76. The number of nitrogens with zero attached hydrogens (tertiary/aromatic N) is 4. The number of hydrogen-bond acceptors (Lipinski definition) is 5. The van der Waals surface area contributed by atoms with E-state index in [0.29, 0.717) is 0 Å². The van der Waals surface area contributed by atoms with E-state index in [0.717, 1.165) is 51.4 Å². The van der Waals surface area contributed by atoms with Crippen molar-refractivity contribution in [3.8, 4) is 12.1 Å². The van der Waals surface area contributed by atoms with Gasteiger partial charge in [-0.3, -0.25) is 0 Å². The minimum Gasteiger partial charge on any atom is -0.412 e. The zero-order chi connectivity index (χ0) is 12.9. The molecule has 2 aliphatic carbocycles. The molecule has 0 heterocycles. The summed E-state index contributed by atoms with van der Waals surface area (Å²) >= 11 is 0. The largest absolute Gasteiger partial charge is 0.412 e. The van der Waals surface area contributed by atoms with E-state index in [4.69, 9.17) is 0 Å². The maximum atomic E-state index is 9.34. The van der Waals surface area contributed by atoms with E-state index in [2.05, 4.69) is 22.4 Å². The van der Waals surface area contributed by atoms with E-state index >= 15 is 0 Å². The summed E-state index contributed by atoms with van der Waals surface area (Å²) < 4.78 is 0. The van der Waals surface area contributed by atoms with Crippen molar-refractivity contribution in [3.63, 3.8) is 0 Å². The second-order valence-corrected chi connectivity index (χ2v) is 5.61. The van der Waals surface area contributed by atoms with E-state index in [1.807, 2.05) is 0 Å². The second kappa shape index (κ2) is 7.94. The number of hydrogen-bond donors (Lipinski definition) is 1. The Balaban J connectivity index is 0.00000180. The van der Waals surface area contributed by atoms with E-state index in [1.54, 1.807) is 0 Å². The Kier molecular flexibility index (Phi) is 7.34. The molecule has 2 saturated carbocycles. The van der Waals surface area contributed by atoms with Gasteiger partial charge in [-0.05, 0) is 51.4 Å². The van der Waals surface area contributed by atoms with Gasteiger partial charge in [-0.15, -0.1) is 0 Å². The van der Waals surface area contributed by atoms with Gasteiger partial charge in [0.25, 0.3) is 0 Å². The van der Waals surface area contributed by atoms with Crippen molar-refractivity contribution >= 4 is 0 Å². The molecular formula is C14H25N5O. The molecular weight excluding hydrogens is 254 g/mol. The highest BCUT2D eigenvalue weighted by Gasteiger charge is 2.36. The lowest BCUT2D eigenvalue weighted by molar-refractivity contribution is 0.310. The maximum absolute atomic E-state index is 9.34. The van der Waals surface area contributed by atoms with Crippen LogP contribution in [0.25, 0.3) is 0 Å². The van der Waals surface area contributed by atoms with Gasteiger partial charge in [0, 0.05) is 0 Å². The quantitative estimate of drug-likeness (QED) is 0.776. The molecule has 0 aromatic heterocycles. The average molecular weight is 279 g/mol. The summed E-state index contributed by atoms with van der Waals surface area (Å²) in [5, 5.41) is 27.4. The fraction of sp³-hybridized carbons (Fsp3) is 0.857. The van der Waals surface area contributed by atoms with Crippen molar-refractivity contribution in [2.75, 3.05) is 0 Å². The Morgan fingerprint density at radius 3 is 1.20 bits per heavy atom. The van der Waals surface area contributed by atoms with Gasteiger partial charge in [-0.2, -0.15) is 20.8 Å². The molecule has 20 heavy (non-hydrogen) atoms. The van der Waals surface area contributed by atoms with Crippen LogP contribution in [0.5, 0.6) is 0 Å². The Morgan fingerprint density at radius 2 is 0.950 bits per heavy atom. The lowest BCUT2D eigenvalue weighted by atomic mass is 9.82. The standard InChI is InChI=1S/C14H20N4.H3N.H2O/c15-11-13(7-3-1-4-8-13)17-18-14(12-16)9-5-2-6-10-14;;/h1-10H2;1H3;1H2/b18-17+;;. The van der Waals surface area contributed by atoms with Gasteiger partial charge in [-0.25, -0.2) is 0 Å². The molecule has 2 aliphatic rings. The number of azo groups is 1. The summed E-state index contributed by atoms with van der Waals surface area (Å²) in [5.74, 6) is 0. The van der Waals surface area contributed by atoms with E-state index in [-0.39, 0.29) is 11.6 Å². The van der Waals surface area contributed by atoms with Crippen molar-refractivity contribution < 1.29 is 5.48 Å².